The van der Waals surface area contributed by atoms with Gasteiger partial charge >= 0.3 is 0 Å². The highest BCUT2D eigenvalue weighted by Crippen LogP contribution is 2.34. The van der Waals surface area contributed by atoms with Gasteiger partial charge in [0.2, 0.25) is 5.91 Å². The van der Waals surface area contributed by atoms with Crippen molar-refractivity contribution in [3.63, 3.8) is 0 Å². The SMILES string of the molecule is Cc1ccc(CN(C)C(=O)Cn2cnc3sc4c(c3c2=O)CCC4)c(C)c1. The van der Waals surface area contributed by atoms with E-state index in [2.05, 4.69) is 37.0 Å². The van der Waals surface area contributed by atoms with E-state index in [4.69, 9.17) is 0 Å². The number of fused-ring (bicyclic) bond motifs is 3. The molecule has 3 aromatic rings. The molecule has 140 valence electrons. The molecule has 0 aliphatic heterocycles. The summed E-state index contributed by atoms with van der Waals surface area (Å²) in [5.41, 5.74) is 4.56. The van der Waals surface area contributed by atoms with Crippen molar-refractivity contribution in [2.45, 2.75) is 46.2 Å². The van der Waals surface area contributed by atoms with E-state index in [0.29, 0.717) is 6.54 Å². The Morgan fingerprint density at radius 3 is 2.89 bits per heavy atom. The zero-order chi connectivity index (χ0) is 19.1. The molecule has 0 radical (unpaired) electrons. The fraction of sp³-hybridized carbons (Fsp3) is 0.381. The van der Waals surface area contributed by atoms with E-state index in [0.717, 1.165) is 40.6 Å². The molecule has 4 rings (SSSR count). The minimum Gasteiger partial charge on any atom is -0.340 e. The normalized spacial score (nSPS) is 13.1. The maximum Gasteiger partial charge on any atom is 0.262 e. The van der Waals surface area contributed by atoms with Gasteiger partial charge in [-0.2, -0.15) is 0 Å². The van der Waals surface area contributed by atoms with Gasteiger partial charge < -0.3 is 4.90 Å². The molecule has 1 amide bonds. The van der Waals surface area contributed by atoms with Crippen molar-refractivity contribution in [1.29, 1.82) is 0 Å². The fourth-order valence-electron chi connectivity index (χ4n) is 3.77. The van der Waals surface area contributed by atoms with Crippen LogP contribution in [-0.4, -0.2) is 27.4 Å². The van der Waals surface area contributed by atoms with Gasteiger partial charge in [0.25, 0.3) is 5.56 Å². The third-order valence-electron chi connectivity index (χ3n) is 5.33. The van der Waals surface area contributed by atoms with Crippen LogP contribution in [0, 0.1) is 13.8 Å². The second-order valence-corrected chi connectivity index (χ2v) is 8.48. The van der Waals surface area contributed by atoms with Gasteiger partial charge in [-0.25, -0.2) is 4.98 Å². The van der Waals surface area contributed by atoms with Gasteiger partial charge in [0.1, 0.15) is 11.4 Å². The predicted octanol–water partition coefficient (Wildman–Crippen LogP) is 3.22. The molecular weight excluding hydrogens is 358 g/mol. The molecule has 0 saturated carbocycles. The summed E-state index contributed by atoms with van der Waals surface area (Å²) in [5.74, 6) is -0.0925. The van der Waals surface area contributed by atoms with E-state index in [-0.39, 0.29) is 18.0 Å². The number of aryl methyl sites for hydroxylation is 4. The minimum absolute atomic E-state index is 0.0216. The van der Waals surface area contributed by atoms with Gasteiger partial charge in [-0.05, 0) is 49.8 Å². The van der Waals surface area contributed by atoms with E-state index in [1.807, 2.05) is 0 Å². The Balaban J connectivity index is 1.55. The Hall–Kier alpha value is -2.47. The molecule has 0 bridgehead atoms. The Kier molecular flexibility index (Phi) is 4.60. The van der Waals surface area contributed by atoms with Gasteiger partial charge in [0, 0.05) is 18.5 Å². The summed E-state index contributed by atoms with van der Waals surface area (Å²) in [6, 6.07) is 6.23. The Morgan fingerprint density at radius 1 is 1.30 bits per heavy atom. The molecule has 27 heavy (non-hydrogen) atoms. The van der Waals surface area contributed by atoms with E-state index in [9.17, 15) is 9.59 Å². The van der Waals surface area contributed by atoms with Crippen LogP contribution < -0.4 is 5.56 Å². The molecule has 0 atom stereocenters. The number of carbonyl (C=O) groups is 1. The van der Waals surface area contributed by atoms with Gasteiger partial charge in [0.15, 0.2) is 0 Å². The fourth-order valence-corrected chi connectivity index (χ4v) is 4.99. The second-order valence-electron chi connectivity index (χ2n) is 7.39. The number of nitrogens with zero attached hydrogens (tertiary/aromatic N) is 3. The van der Waals surface area contributed by atoms with Crippen LogP contribution in [0.4, 0.5) is 0 Å². The average molecular weight is 382 g/mol. The molecule has 0 fully saturated rings. The van der Waals surface area contributed by atoms with Crippen LogP contribution in [0.5, 0.6) is 0 Å². The minimum atomic E-state index is -0.0925. The zero-order valence-corrected chi connectivity index (χ0v) is 16.7. The summed E-state index contributed by atoms with van der Waals surface area (Å²) in [6.45, 7) is 4.67. The molecule has 0 N–H and O–H groups in total. The lowest BCUT2D eigenvalue weighted by Gasteiger charge is -2.19. The number of hydrogen-bond acceptors (Lipinski definition) is 4. The molecule has 2 heterocycles. The van der Waals surface area contributed by atoms with Crippen molar-refractivity contribution < 1.29 is 4.79 Å². The summed E-state index contributed by atoms with van der Waals surface area (Å²) in [5, 5.41) is 0.722. The van der Waals surface area contributed by atoms with Crippen molar-refractivity contribution in [3.05, 3.63) is 62.0 Å². The summed E-state index contributed by atoms with van der Waals surface area (Å²) in [6.07, 6.45) is 4.59. The number of likely N-dealkylation sites (N-methyl/N-ethyl adjacent to an activating group) is 1. The highest BCUT2D eigenvalue weighted by Gasteiger charge is 2.22. The highest BCUT2D eigenvalue weighted by atomic mass is 32.1. The van der Waals surface area contributed by atoms with Crippen LogP contribution in [0.1, 0.15) is 33.6 Å². The van der Waals surface area contributed by atoms with Crippen LogP contribution >= 0.6 is 11.3 Å². The molecule has 5 nitrogen and oxygen atoms in total. The summed E-state index contributed by atoms with van der Waals surface area (Å²) >= 11 is 1.62. The first-order valence-corrected chi connectivity index (χ1v) is 10.1. The third kappa shape index (κ3) is 3.30. The highest BCUT2D eigenvalue weighted by molar-refractivity contribution is 7.18. The largest absolute Gasteiger partial charge is 0.340 e. The van der Waals surface area contributed by atoms with E-state index < -0.39 is 0 Å². The number of amides is 1. The number of benzene rings is 1. The Labute approximate surface area is 162 Å². The zero-order valence-electron chi connectivity index (χ0n) is 15.9. The molecule has 0 spiro atoms. The van der Waals surface area contributed by atoms with Crippen LogP contribution in [0.3, 0.4) is 0 Å². The van der Waals surface area contributed by atoms with Crippen LogP contribution in [0.2, 0.25) is 0 Å². The van der Waals surface area contributed by atoms with Gasteiger partial charge in [-0.15, -0.1) is 11.3 Å². The third-order valence-corrected chi connectivity index (χ3v) is 6.53. The van der Waals surface area contributed by atoms with Crippen LogP contribution in [0.25, 0.3) is 10.2 Å². The summed E-state index contributed by atoms with van der Waals surface area (Å²) in [7, 11) is 1.78. The van der Waals surface area contributed by atoms with Gasteiger partial charge in [-0.3, -0.25) is 14.2 Å². The lowest BCUT2D eigenvalue weighted by atomic mass is 10.1. The molecule has 1 aliphatic carbocycles. The van der Waals surface area contributed by atoms with Crippen molar-refractivity contribution >= 4 is 27.5 Å². The number of thiophene rings is 1. The van der Waals surface area contributed by atoms with Crippen molar-refractivity contribution in [2.24, 2.45) is 0 Å². The maximum absolute atomic E-state index is 12.9. The lowest BCUT2D eigenvalue weighted by Crippen LogP contribution is -2.33. The number of aromatic nitrogens is 2. The standard InChI is InChI=1S/C21H23N3O2S/c1-13-7-8-15(14(2)9-13)10-23(3)18(25)11-24-12-22-20-19(21(24)26)16-5-4-6-17(16)27-20/h7-9,12H,4-6,10-11H2,1-3H3. The van der Waals surface area contributed by atoms with E-state index in [1.54, 1.807) is 23.3 Å². The van der Waals surface area contributed by atoms with Crippen LogP contribution in [-0.2, 0) is 30.7 Å². The first-order valence-electron chi connectivity index (χ1n) is 9.24. The molecule has 6 heteroatoms. The second kappa shape index (κ2) is 6.93. The number of hydrogen-bond donors (Lipinski definition) is 0. The molecule has 0 saturated heterocycles. The maximum atomic E-state index is 12.9. The first kappa shape index (κ1) is 17.9. The van der Waals surface area contributed by atoms with Gasteiger partial charge in [-0.1, -0.05) is 23.8 Å². The smallest absolute Gasteiger partial charge is 0.262 e. The molecule has 1 aromatic carbocycles. The number of rotatable bonds is 4. The molecule has 0 unspecified atom stereocenters. The Bertz CT molecular complexity index is 1100. The monoisotopic (exact) mass is 381 g/mol. The Morgan fingerprint density at radius 2 is 2.11 bits per heavy atom. The van der Waals surface area contributed by atoms with Crippen molar-refractivity contribution in [1.82, 2.24) is 14.5 Å². The van der Waals surface area contributed by atoms with Gasteiger partial charge in [0.05, 0.1) is 11.7 Å². The van der Waals surface area contributed by atoms with E-state index in [1.165, 1.54) is 26.9 Å². The quantitative estimate of drug-likeness (QED) is 0.697. The van der Waals surface area contributed by atoms with E-state index >= 15 is 0 Å². The molecule has 2 aromatic heterocycles. The number of carbonyl (C=O) groups excluding carboxylic acids is 1. The first-order chi connectivity index (χ1) is 12.9. The van der Waals surface area contributed by atoms with Crippen LogP contribution in [0.15, 0.2) is 29.3 Å². The lowest BCUT2D eigenvalue weighted by molar-refractivity contribution is -0.131. The summed E-state index contributed by atoms with van der Waals surface area (Å²) < 4.78 is 1.45. The average Bonchev–Trinajstić information content (AvgIpc) is 3.20. The van der Waals surface area contributed by atoms with Crippen molar-refractivity contribution in [2.75, 3.05) is 7.05 Å². The summed E-state index contributed by atoms with van der Waals surface area (Å²) in [4.78, 5) is 33.8. The topological polar surface area (TPSA) is 55.2 Å². The van der Waals surface area contributed by atoms with Crippen molar-refractivity contribution in [3.8, 4) is 0 Å². The molecular formula is C21H23N3O2S. The molecule has 1 aliphatic rings. The predicted molar refractivity (Wildman–Crippen MR) is 108 cm³/mol.